The van der Waals surface area contributed by atoms with E-state index in [4.69, 9.17) is 23.7 Å². The molecule has 0 amide bonds. The lowest BCUT2D eigenvalue weighted by Gasteiger charge is -2.65. The molecule has 8 fully saturated rings. The zero-order chi connectivity index (χ0) is 40.1. The van der Waals surface area contributed by atoms with Crippen LogP contribution in [0.1, 0.15) is 106 Å². The number of hydrogen-bond donors (Lipinski definition) is 9. The minimum atomic E-state index is -1.60. The first-order valence-electron chi connectivity index (χ1n) is 20.9. The van der Waals surface area contributed by atoms with Gasteiger partial charge in [-0.3, -0.25) is 0 Å². The van der Waals surface area contributed by atoms with Crippen molar-refractivity contribution >= 4 is 0 Å². The third kappa shape index (κ3) is 5.70. The van der Waals surface area contributed by atoms with Crippen molar-refractivity contribution in [3.05, 3.63) is 0 Å². The number of ether oxygens (including phenoxy) is 5. The summed E-state index contributed by atoms with van der Waals surface area (Å²) in [7, 11) is 0. The molecule has 14 nitrogen and oxygen atoms in total. The van der Waals surface area contributed by atoms with Gasteiger partial charge in [0.15, 0.2) is 12.6 Å². The molecule has 0 aromatic heterocycles. The summed E-state index contributed by atoms with van der Waals surface area (Å²) < 4.78 is 31.9. The lowest BCUT2D eigenvalue weighted by Crippen LogP contribution is -2.65. The first-order chi connectivity index (χ1) is 25.5. The van der Waals surface area contributed by atoms with Crippen LogP contribution in [0.4, 0.5) is 0 Å². The second-order valence-corrected chi connectivity index (χ2v) is 21.1. The van der Waals surface area contributed by atoms with E-state index in [-0.39, 0.29) is 52.1 Å². The molecule has 55 heavy (non-hydrogen) atoms. The predicted molar refractivity (Wildman–Crippen MR) is 194 cm³/mol. The highest BCUT2D eigenvalue weighted by atomic mass is 16.7. The van der Waals surface area contributed by atoms with E-state index in [9.17, 15) is 46.0 Å². The van der Waals surface area contributed by atoms with E-state index < -0.39 is 96.8 Å². The van der Waals surface area contributed by atoms with E-state index in [1.54, 1.807) is 13.8 Å². The van der Waals surface area contributed by atoms with E-state index >= 15 is 0 Å². The van der Waals surface area contributed by atoms with Crippen molar-refractivity contribution in [2.24, 2.45) is 44.8 Å². The van der Waals surface area contributed by atoms with Crippen LogP contribution in [0.5, 0.6) is 0 Å². The van der Waals surface area contributed by atoms with Crippen molar-refractivity contribution < 1.29 is 69.6 Å². The third-order valence-corrected chi connectivity index (χ3v) is 17.6. The number of fused-ring (bicyclic) bond motifs is 2. The summed E-state index contributed by atoms with van der Waals surface area (Å²) in [5, 5.41) is 97.2. The number of hydrogen-bond acceptors (Lipinski definition) is 14. The Morgan fingerprint density at radius 1 is 0.709 bits per heavy atom. The lowest BCUT2D eigenvalue weighted by atomic mass is 9.41. The fraction of sp³-hybridized carbons (Fsp3) is 1.00. The molecule has 0 aromatic rings. The van der Waals surface area contributed by atoms with E-state index in [0.29, 0.717) is 25.7 Å². The van der Waals surface area contributed by atoms with Gasteiger partial charge in [0, 0.05) is 5.92 Å². The van der Waals surface area contributed by atoms with Crippen molar-refractivity contribution in [1.82, 2.24) is 0 Å². The van der Waals surface area contributed by atoms with Gasteiger partial charge in [0.1, 0.15) is 42.7 Å². The van der Waals surface area contributed by atoms with Crippen molar-refractivity contribution in [3.63, 3.8) is 0 Å². The molecule has 21 atom stereocenters. The zero-order valence-corrected chi connectivity index (χ0v) is 33.6. The number of aliphatic hydroxyl groups excluding tert-OH is 8. The van der Waals surface area contributed by atoms with Crippen LogP contribution in [0, 0.1) is 44.8 Å². The van der Waals surface area contributed by atoms with Gasteiger partial charge in [0.25, 0.3) is 0 Å². The van der Waals surface area contributed by atoms with E-state index in [1.165, 1.54) is 0 Å². The average Bonchev–Trinajstić information content (AvgIpc) is 3.47. The lowest BCUT2D eigenvalue weighted by molar-refractivity contribution is -0.339. The Labute approximate surface area is 324 Å². The first kappa shape index (κ1) is 41.2. The van der Waals surface area contributed by atoms with Crippen LogP contribution >= 0.6 is 0 Å². The maximum absolute atomic E-state index is 12.2. The molecule has 0 bridgehead atoms. The van der Waals surface area contributed by atoms with E-state index in [2.05, 4.69) is 34.6 Å². The Balaban J connectivity index is 1.15. The van der Waals surface area contributed by atoms with Gasteiger partial charge in [-0.25, -0.2) is 0 Å². The summed E-state index contributed by atoms with van der Waals surface area (Å²) in [5.41, 5.74) is -3.16. The highest BCUT2D eigenvalue weighted by Crippen LogP contribution is 2.89. The Morgan fingerprint density at radius 2 is 1.40 bits per heavy atom. The predicted octanol–water partition coefficient (Wildman–Crippen LogP) is 0.724. The van der Waals surface area contributed by atoms with Crippen LogP contribution in [0.25, 0.3) is 0 Å². The van der Waals surface area contributed by atoms with Crippen LogP contribution < -0.4 is 0 Å². The Bertz CT molecular complexity index is 1460. The van der Waals surface area contributed by atoms with Crippen molar-refractivity contribution in [2.75, 3.05) is 13.2 Å². The molecule has 8 aliphatic rings. The van der Waals surface area contributed by atoms with Gasteiger partial charge in [0.05, 0.1) is 48.8 Å². The summed E-state index contributed by atoms with van der Waals surface area (Å²) in [5.74, 6) is -0.215. The van der Waals surface area contributed by atoms with Crippen molar-refractivity contribution in [1.29, 1.82) is 0 Å². The van der Waals surface area contributed by atoms with E-state index in [0.717, 1.165) is 32.1 Å². The molecule has 0 aromatic carbocycles. The monoisotopic (exact) mass is 784 g/mol. The average molecular weight is 785 g/mol. The summed E-state index contributed by atoms with van der Waals surface area (Å²) in [6.45, 7) is 13.8. The smallest absolute Gasteiger partial charge is 0.186 e. The molecular formula is C41H68O14. The summed E-state index contributed by atoms with van der Waals surface area (Å²) in [6.07, 6.45) is -7.48. The Kier molecular flexibility index (Phi) is 9.90. The molecule has 3 saturated heterocycles. The summed E-state index contributed by atoms with van der Waals surface area (Å²) in [6, 6.07) is 0. The molecule has 5 saturated carbocycles. The van der Waals surface area contributed by atoms with Gasteiger partial charge in [-0.2, -0.15) is 0 Å². The van der Waals surface area contributed by atoms with Gasteiger partial charge < -0.3 is 69.6 Å². The van der Waals surface area contributed by atoms with Crippen LogP contribution in [-0.4, -0.2) is 150 Å². The maximum atomic E-state index is 12.2. The third-order valence-electron chi connectivity index (χ3n) is 17.6. The maximum Gasteiger partial charge on any atom is 0.186 e. The first-order valence-corrected chi connectivity index (χ1v) is 20.9. The molecule has 14 heteroatoms. The quantitative estimate of drug-likeness (QED) is 0.162. The molecule has 8 rings (SSSR count). The number of aliphatic hydroxyl groups is 9. The molecular weight excluding hydrogens is 716 g/mol. The molecule has 0 radical (unpaired) electrons. The Morgan fingerprint density at radius 3 is 2.05 bits per heavy atom. The highest BCUT2D eigenvalue weighted by Gasteiger charge is 2.85. The molecule has 9 N–H and O–H groups in total. The minimum absolute atomic E-state index is 0.0633. The van der Waals surface area contributed by atoms with Crippen molar-refractivity contribution in [2.45, 2.75) is 197 Å². The van der Waals surface area contributed by atoms with Gasteiger partial charge >= 0.3 is 0 Å². The SMILES string of the molecule is CC(C)(O)[C@@H]1CC[C@](C)([C@H]2[C@@H](O)C[C@@]3(C)[C@@H]4C[C@H](O[C@@H]5O[C@H](CO)[C@@H](O)[C@H](O)[C@H]5O)[C@@H]5C(C)(C)[C@@H](O[C@@H]6OC[C@@H](O)[C@H](O)[C@H]6O)CC[C@@]56C[C@@]46CC[C@]23C)O1. The molecule has 3 aliphatic heterocycles. The molecule has 316 valence electrons. The zero-order valence-electron chi connectivity index (χ0n) is 33.6. The largest absolute Gasteiger partial charge is 0.394 e. The molecule has 3 heterocycles. The van der Waals surface area contributed by atoms with Gasteiger partial charge in [0.2, 0.25) is 0 Å². The van der Waals surface area contributed by atoms with Gasteiger partial charge in [-0.1, -0.05) is 27.7 Å². The van der Waals surface area contributed by atoms with Crippen molar-refractivity contribution in [3.8, 4) is 0 Å². The molecule has 2 spiro atoms. The van der Waals surface area contributed by atoms with Gasteiger partial charge in [-0.05, 0) is 117 Å². The summed E-state index contributed by atoms with van der Waals surface area (Å²) in [4.78, 5) is 0. The standard InChI is InChI=1S/C41H68O14/c1-35(2)24(54-33-29(48)26(45)20(44)17-51-33)9-11-41-18-40(41)13-12-37(5)31(39(7)10-8-25(55-39)36(3,4)50)19(43)15-38(37,6)23(40)14-21(32(35)41)52-34-30(49)28(47)27(46)22(16-42)53-34/h19-34,42-50H,8-18H2,1-7H3/t19-,20+,21-,22+,23-,24-,25-,26-,27+,28-,29+,30+,31-,32+,33-,34+,37+,38-,39+,40-,41+/m0/s1. The fourth-order valence-electron chi connectivity index (χ4n) is 14.9. The van der Waals surface area contributed by atoms with Crippen LogP contribution in [0.2, 0.25) is 0 Å². The second kappa shape index (κ2) is 13.2. The topological polar surface area (TPSA) is 228 Å². The Hall–Kier alpha value is -0.560. The molecule has 5 aliphatic carbocycles. The highest BCUT2D eigenvalue weighted by molar-refractivity contribution is 5.33. The van der Waals surface area contributed by atoms with Crippen LogP contribution in [0.15, 0.2) is 0 Å². The van der Waals surface area contributed by atoms with Gasteiger partial charge in [-0.15, -0.1) is 0 Å². The second-order valence-electron chi connectivity index (χ2n) is 21.1. The van der Waals surface area contributed by atoms with E-state index in [1.807, 2.05) is 0 Å². The molecule has 0 unspecified atom stereocenters. The minimum Gasteiger partial charge on any atom is -0.394 e. The van der Waals surface area contributed by atoms with Crippen LogP contribution in [0.3, 0.4) is 0 Å². The van der Waals surface area contributed by atoms with Crippen LogP contribution in [-0.2, 0) is 23.7 Å². The fourth-order valence-corrected chi connectivity index (χ4v) is 14.9. The number of rotatable bonds is 7. The normalized spacial score (nSPS) is 58.7. The summed E-state index contributed by atoms with van der Waals surface area (Å²) >= 11 is 0.